The number of H-pyrrole nitrogens is 1. The SMILES string of the molecule is Nc1nc(N2CCCC3(CCC(=O)N(CCO)C3)C2)c2[nH]cnc2n1. The van der Waals surface area contributed by atoms with Gasteiger partial charge < -0.3 is 25.6 Å². The molecule has 1 atom stereocenters. The van der Waals surface area contributed by atoms with Crippen molar-refractivity contribution in [2.24, 2.45) is 5.41 Å². The lowest BCUT2D eigenvalue weighted by Crippen LogP contribution is -2.54. The van der Waals surface area contributed by atoms with Gasteiger partial charge >= 0.3 is 0 Å². The highest BCUT2D eigenvalue weighted by Crippen LogP contribution is 2.40. The first-order chi connectivity index (χ1) is 12.1. The third-order valence-corrected chi connectivity index (χ3v) is 5.36. The van der Waals surface area contributed by atoms with E-state index < -0.39 is 0 Å². The number of likely N-dealkylation sites (tertiary alicyclic amines) is 1. The lowest BCUT2D eigenvalue weighted by molar-refractivity contribution is -0.138. The van der Waals surface area contributed by atoms with Gasteiger partial charge in [-0.3, -0.25) is 4.79 Å². The van der Waals surface area contributed by atoms with Crippen molar-refractivity contribution < 1.29 is 9.90 Å². The predicted molar refractivity (Wildman–Crippen MR) is 92.9 cm³/mol. The predicted octanol–water partition coefficient (Wildman–Crippen LogP) is 0.136. The smallest absolute Gasteiger partial charge is 0.224 e. The summed E-state index contributed by atoms with van der Waals surface area (Å²) in [7, 11) is 0. The first-order valence-corrected chi connectivity index (χ1v) is 8.70. The van der Waals surface area contributed by atoms with Crippen molar-refractivity contribution >= 4 is 28.8 Å². The summed E-state index contributed by atoms with van der Waals surface area (Å²) in [4.78, 5) is 32.0. The number of hydrogen-bond donors (Lipinski definition) is 3. The van der Waals surface area contributed by atoms with Gasteiger partial charge in [0.15, 0.2) is 11.5 Å². The highest BCUT2D eigenvalue weighted by molar-refractivity contribution is 5.84. The van der Waals surface area contributed by atoms with Gasteiger partial charge in [-0.1, -0.05) is 0 Å². The Morgan fingerprint density at radius 3 is 3.04 bits per heavy atom. The normalized spacial score (nSPS) is 24.4. The molecule has 9 nitrogen and oxygen atoms in total. The van der Waals surface area contributed by atoms with Gasteiger partial charge in [-0.15, -0.1) is 0 Å². The minimum Gasteiger partial charge on any atom is -0.395 e. The molecule has 134 valence electrons. The zero-order valence-electron chi connectivity index (χ0n) is 14.1. The second kappa shape index (κ2) is 6.14. The van der Waals surface area contributed by atoms with Crippen LogP contribution >= 0.6 is 0 Å². The standard InChI is InChI=1S/C16H23N7O2/c17-15-20-13-12(18-10-19-13)14(21-15)23-5-1-3-16(9-23)4-2-11(25)22(8-16)6-7-24/h10,24H,1-9H2,(H3,17,18,19,20,21). The third-order valence-electron chi connectivity index (χ3n) is 5.36. The number of aliphatic hydroxyl groups is 1. The zero-order valence-corrected chi connectivity index (χ0v) is 14.1. The molecule has 2 aromatic heterocycles. The highest BCUT2D eigenvalue weighted by Gasteiger charge is 2.42. The maximum absolute atomic E-state index is 12.1. The molecule has 4 heterocycles. The summed E-state index contributed by atoms with van der Waals surface area (Å²) in [6.07, 6.45) is 5.12. The van der Waals surface area contributed by atoms with E-state index in [-0.39, 0.29) is 23.9 Å². The second-order valence-electron chi connectivity index (χ2n) is 7.07. The molecule has 1 spiro atoms. The third kappa shape index (κ3) is 2.88. The molecule has 1 amide bonds. The number of fused-ring (bicyclic) bond motifs is 1. The molecule has 0 bridgehead atoms. The van der Waals surface area contributed by atoms with Crippen LogP contribution in [-0.4, -0.2) is 68.6 Å². The van der Waals surface area contributed by atoms with Crippen LogP contribution < -0.4 is 10.6 Å². The van der Waals surface area contributed by atoms with Crippen molar-refractivity contribution in [1.29, 1.82) is 0 Å². The van der Waals surface area contributed by atoms with Crippen LogP contribution in [-0.2, 0) is 4.79 Å². The molecule has 0 radical (unpaired) electrons. The molecule has 0 aliphatic carbocycles. The minimum atomic E-state index is 0.00272. The van der Waals surface area contributed by atoms with E-state index in [0.717, 1.165) is 43.7 Å². The summed E-state index contributed by atoms with van der Waals surface area (Å²) < 4.78 is 0. The first-order valence-electron chi connectivity index (χ1n) is 8.70. The molecule has 2 aromatic rings. The van der Waals surface area contributed by atoms with Gasteiger partial charge in [0.1, 0.15) is 5.52 Å². The number of nitrogen functional groups attached to an aromatic ring is 1. The summed E-state index contributed by atoms with van der Waals surface area (Å²) in [5.74, 6) is 1.14. The molecular weight excluding hydrogens is 322 g/mol. The lowest BCUT2D eigenvalue weighted by atomic mass is 9.73. The summed E-state index contributed by atoms with van der Waals surface area (Å²) >= 11 is 0. The average molecular weight is 345 g/mol. The second-order valence-corrected chi connectivity index (χ2v) is 7.07. The Hall–Kier alpha value is -2.42. The topological polar surface area (TPSA) is 124 Å². The largest absolute Gasteiger partial charge is 0.395 e. The Bertz CT molecular complexity index is 792. The van der Waals surface area contributed by atoms with E-state index >= 15 is 0 Å². The number of anilines is 2. The first kappa shape index (κ1) is 16.1. The van der Waals surface area contributed by atoms with Crippen LogP contribution in [0.25, 0.3) is 11.2 Å². The zero-order chi connectivity index (χ0) is 17.4. The van der Waals surface area contributed by atoms with Gasteiger partial charge in [0.2, 0.25) is 11.9 Å². The molecule has 4 N–H and O–H groups in total. The fraction of sp³-hybridized carbons (Fsp3) is 0.625. The molecule has 0 aromatic carbocycles. The van der Waals surface area contributed by atoms with Crippen molar-refractivity contribution in [3.8, 4) is 0 Å². The van der Waals surface area contributed by atoms with E-state index in [2.05, 4.69) is 24.8 Å². The maximum atomic E-state index is 12.1. The Morgan fingerprint density at radius 2 is 2.20 bits per heavy atom. The summed E-state index contributed by atoms with van der Waals surface area (Å²) in [5.41, 5.74) is 7.26. The van der Waals surface area contributed by atoms with Crippen molar-refractivity contribution in [3.63, 3.8) is 0 Å². The monoisotopic (exact) mass is 345 g/mol. The molecule has 4 rings (SSSR count). The number of nitrogens with one attached hydrogen (secondary N) is 1. The van der Waals surface area contributed by atoms with E-state index in [9.17, 15) is 9.90 Å². The maximum Gasteiger partial charge on any atom is 0.224 e. The van der Waals surface area contributed by atoms with Crippen molar-refractivity contribution in [2.75, 3.05) is 43.4 Å². The Morgan fingerprint density at radius 1 is 1.32 bits per heavy atom. The molecular formula is C16H23N7O2. The molecule has 1 unspecified atom stereocenters. The summed E-state index contributed by atoms with van der Waals surface area (Å²) in [6, 6.07) is 0. The van der Waals surface area contributed by atoms with E-state index in [4.69, 9.17) is 5.73 Å². The molecule has 2 fully saturated rings. The molecule has 2 aliphatic rings. The molecule has 9 heteroatoms. The van der Waals surface area contributed by atoms with Gasteiger partial charge in [-0.2, -0.15) is 9.97 Å². The Labute approximate surface area is 145 Å². The van der Waals surface area contributed by atoms with E-state index in [1.54, 1.807) is 11.2 Å². The number of aromatic nitrogens is 4. The number of β-amino-alcohol motifs (C(OH)–C–C–N with tert-alkyl or cyclic N) is 1. The van der Waals surface area contributed by atoms with E-state index in [0.29, 0.717) is 25.2 Å². The number of nitrogens with two attached hydrogens (primary N) is 1. The van der Waals surface area contributed by atoms with Gasteiger partial charge in [0.25, 0.3) is 0 Å². The van der Waals surface area contributed by atoms with Crippen LogP contribution in [0.2, 0.25) is 0 Å². The fourth-order valence-corrected chi connectivity index (χ4v) is 4.21. The van der Waals surface area contributed by atoms with Crippen LogP contribution in [0.3, 0.4) is 0 Å². The Kier molecular flexibility index (Phi) is 3.95. The number of aliphatic hydroxyl groups excluding tert-OH is 1. The fourth-order valence-electron chi connectivity index (χ4n) is 4.21. The van der Waals surface area contributed by atoms with Gasteiger partial charge in [0, 0.05) is 38.0 Å². The van der Waals surface area contributed by atoms with Crippen molar-refractivity contribution in [3.05, 3.63) is 6.33 Å². The number of carbonyl (C=O) groups is 1. The number of nitrogens with zero attached hydrogens (tertiary/aromatic N) is 5. The number of hydrogen-bond acceptors (Lipinski definition) is 7. The number of rotatable bonds is 3. The molecule has 2 aliphatic heterocycles. The van der Waals surface area contributed by atoms with Crippen molar-refractivity contribution in [1.82, 2.24) is 24.8 Å². The summed E-state index contributed by atoms with van der Waals surface area (Å²) in [6.45, 7) is 2.80. The lowest BCUT2D eigenvalue weighted by Gasteiger charge is -2.48. The summed E-state index contributed by atoms with van der Waals surface area (Å²) in [5, 5.41) is 9.23. The van der Waals surface area contributed by atoms with Crippen LogP contribution in [0.5, 0.6) is 0 Å². The number of piperidine rings is 2. The molecule has 2 saturated heterocycles. The number of amides is 1. The van der Waals surface area contributed by atoms with Gasteiger partial charge in [0.05, 0.1) is 12.9 Å². The highest BCUT2D eigenvalue weighted by atomic mass is 16.3. The van der Waals surface area contributed by atoms with Gasteiger partial charge in [-0.25, -0.2) is 4.98 Å². The van der Waals surface area contributed by atoms with Crippen LogP contribution in [0.1, 0.15) is 25.7 Å². The quantitative estimate of drug-likeness (QED) is 0.722. The number of aromatic amines is 1. The molecule has 25 heavy (non-hydrogen) atoms. The van der Waals surface area contributed by atoms with Gasteiger partial charge in [-0.05, 0) is 19.3 Å². The van der Waals surface area contributed by atoms with Crippen molar-refractivity contribution in [2.45, 2.75) is 25.7 Å². The number of imidazole rings is 1. The van der Waals surface area contributed by atoms with E-state index in [1.807, 2.05) is 0 Å². The van der Waals surface area contributed by atoms with Crippen LogP contribution in [0, 0.1) is 5.41 Å². The molecule has 0 saturated carbocycles. The number of carbonyl (C=O) groups excluding carboxylic acids is 1. The van der Waals surface area contributed by atoms with E-state index in [1.165, 1.54) is 0 Å². The van der Waals surface area contributed by atoms with Crippen LogP contribution in [0.15, 0.2) is 6.33 Å². The Balaban J connectivity index is 1.62. The average Bonchev–Trinajstić information content (AvgIpc) is 3.06. The minimum absolute atomic E-state index is 0.00272. The van der Waals surface area contributed by atoms with Crippen LogP contribution in [0.4, 0.5) is 11.8 Å².